The third kappa shape index (κ3) is 3.88. The number of anilines is 1. The summed E-state index contributed by atoms with van der Waals surface area (Å²) < 4.78 is 11.7. The lowest BCUT2D eigenvalue weighted by Gasteiger charge is -2.10. The molecule has 0 fully saturated rings. The Morgan fingerprint density at radius 3 is 2.62 bits per heavy atom. The molecule has 9 heteroatoms. The van der Waals surface area contributed by atoms with Gasteiger partial charge in [-0.3, -0.25) is 4.79 Å². The molecular weight excluding hydrogens is 352 g/mol. The van der Waals surface area contributed by atoms with Crippen LogP contribution < -0.4 is 10.1 Å². The van der Waals surface area contributed by atoms with E-state index in [1.807, 2.05) is 27.7 Å². The number of hydrogen-bond acceptors (Lipinski definition) is 7. The van der Waals surface area contributed by atoms with Crippen molar-refractivity contribution in [1.82, 2.24) is 24.6 Å². The minimum Gasteiger partial charge on any atom is -0.486 e. The van der Waals surface area contributed by atoms with E-state index in [0.29, 0.717) is 17.1 Å². The van der Waals surface area contributed by atoms with Gasteiger partial charge in [0, 0.05) is 10.4 Å². The highest BCUT2D eigenvalue weighted by atomic mass is 32.1. The minimum absolute atomic E-state index is 0.160. The molecule has 1 amide bonds. The number of nitrogens with zero attached hydrogens (tertiary/aromatic N) is 5. The van der Waals surface area contributed by atoms with Crippen LogP contribution in [-0.4, -0.2) is 30.5 Å². The number of hydrogen-bond donors (Lipinski definition) is 1. The first-order valence-electron chi connectivity index (χ1n) is 8.19. The molecule has 0 saturated carbocycles. The number of carbonyl (C=O) groups is 1. The summed E-state index contributed by atoms with van der Waals surface area (Å²) in [5.74, 6) is 1.12. The van der Waals surface area contributed by atoms with Gasteiger partial charge in [0.2, 0.25) is 0 Å². The fraction of sp³-hybridized carbons (Fsp3) is 0.353. The first kappa shape index (κ1) is 18.0. The Morgan fingerprint density at radius 1 is 1.27 bits per heavy atom. The zero-order chi connectivity index (χ0) is 18.7. The quantitative estimate of drug-likeness (QED) is 0.714. The van der Waals surface area contributed by atoms with Crippen molar-refractivity contribution < 1.29 is 9.53 Å². The Balaban J connectivity index is 1.63. The molecule has 1 N–H and O–H groups in total. The lowest BCUT2D eigenvalue weighted by Crippen LogP contribution is -2.13. The maximum atomic E-state index is 12.4. The van der Waals surface area contributed by atoms with Gasteiger partial charge in [-0.05, 0) is 73.9 Å². The molecule has 3 aromatic rings. The second-order valence-corrected chi connectivity index (χ2v) is 7.08. The highest BCUT2D eigenvalue weighted by Gasteiger charge is 2.13. The van der Waals surface area contributed by atoms with Gasteiger partial charge in [0.05, 0.1) is 17.4 Å². The van der Waals surface area contributed by atoms with Crippen molar-refractivity contribution >= 4 is 23.1 Å². The molecule has 0 aliphatic carbocycles. The summed E-state index contributed by atoms with van der Waals surface area (Å²) in [6.07, 6.45) is 0. The van der Waals surface area contributed by atoms with E-state index in [-0.39, 0.29) is 18.6 Å². The van der Waals surface area contributed by atoms with E-state index < -0.39 is 0 Å². The van der Waals surface area contributed by atoms with Crippen molar-refractivity contribution in [2.24, 2.45) is 0 Å². The zero-order valence-electron chi connectivity index (χ0n) is 15.1. The summed E-state index contributed by atoms with van der Waals surface area (Å²) in [7, 11) is 0. The maximum Gasteiger partial charge on any atom is 0.255 e. The average Bonchev–Trinajstić information content (AvgIpc) is 3.22. The highest BCUT2D eigenvalue weighted by Crippen LogP contribution is 2.24. The number of carbonyl (C=O) groups excluding carboxylic acids is 1. The molecule has 0 aliphatic rings. The van der Waals surface area contributed by atoms with E-state index in [9.17, 15) is 4.79 Å². The molecular formula is C17H20N6O2S. The molecule has 2 aromatic heterocycles. The van der Waals surface area contributed by atoms with E-state index in [0.717, 1.165) is 16.3 Å². The monoisotopic (exact) mass is 372 g/mol. The maximum absolute atomic E-state index is 12.4. The highest BCUT2D eigenvalue weighted by molar-refractivity contribution is 7.06. The van der Waals surface area contributed by atoms with Gasteiger partial charge >= 0.3 is 0 Å². The number of benzene rings is 1. The summed E-state index contributed by atoms with van der Waals surface area (Å²) in [6, 6.07) is 7.11. The number of aryl methyl sites for hydroxylation is 2. The van der Waals surface area contributed by atoms with Crippen molar-refractivity contribution in [3.05, 3.63) is 46.2 Å². The van der Waals surface area contributed by atoms with Crippen LogP contribution in [0, 0.1) is 13.8 Å². The first-order valence-corrected chi connectivity index (χ1v) is 8.97. The van der Waals surface area contributed by atoms with Gasteiger partial charge in [-0.1, -0.05) is 0 Å². The van der Waals surface area contributed by atoms with Gasteiger partial charge in [-0.15, -0.1) is 5.10 Å². The minimum atomic E-state index is -0.174. The summed E-state index contributed by atoms with van der Waals surface area (Å²) in [5, 5.41) is 14.5. The molecule has 1 aromatic carbocycles. The predicted octanol–water partition coefficient (Wildman–Crippen LogP) is 3.16. The van der Waals surface area contributed by atoms with Gasteiger partial charge in [0.1, 0.15) is 12.4 Å². The van der Waals surface area contributed by atoms with Gasteiger partial charge in [-0.2, -0.15) is 4.37 Å². The summed E-state index contributed by atoms with van der Waals surface area (Å²) in [6.45, 7) is 8.07. The van der Waals surface area contributed by atoms with Gasteiger partial charge in [0.25, 0.3) is 5.91 Å². The van der Waals surface area contributed by atoms with E-state index in [1.54, 1.807) is 28.9 Å². The van der Waals surface area contributed by atoms with Crippen molar-refractivity contribution in [2.45, 2.75) is 40.3 Å². The lowest BCUT2D eigenvalue weighted by molar-refractivity contribution is 0.102. The van der Waals surface area contributed by atoms with Crippen LogP contribution in [0.3, 0.4) is 0 Å². The summed E-state index contributed by atoms with van der Waals surface area (Å²) in [4.78, 5) is 13.4. The fourth-order valence-electron chi connectivity index (χ4n) is 2.41. The normalized spacial score (nSPS) is 11.0. The summed E-state index contributed by atoms with van der Waals surface area (Å²) in [5.41, 5.74) is 2.15. The largest absolute Gasteiger partial charge is 0.486 e. The molecule has 3 rings (SSSR count). The van der Waals surface area contributed by atoms with E-state index in [4.69, 9.17) is 4.74 Å². The average molecular weight is 372 g/mol. The number of tetrazole rings is 1. The molecule has 0 saturated heterocycles. The van der Waals surface area contributed by atoms with Crippen molar-refractivity contribution in [1.29, 1.82) is 0 Å². The second kappa shape index (κ2) is 7.61. The molecule has 0 aliphatic heterocycles. The fourth-order valence-corrected chi connectivity index (χ4v) is 3.06. The molecule has 0 unspecified atom stereocenters. The van der Waals surface area contributed by atoms with Crippen LogP contribution in [0.1, 0.15) is 46.6 Å². The number of rotatable bonds is 6. The van der Waals surface area contributed by atoms with E-state index in [1.165, 1.54) is 11.5 Å². The number of amides is 1. The Hall–Kier alpha value is -2.81. The SMILES string of the molecule is Cc1nsc(C)c1NC(=O)c1ccc(OCc2nnnn2C(C)C)cc1. The third-order valence-corrected chi connectivity index (χ3v) is 4.65. The molecule has 0 radical (unpaired) electrons. The van der Waals surface area contributed by atoms with Gasteiger partial charge in [0.15, 0.2) is 5.82 Å². The molecule has 26 heavy (non-hydrogen) atoms. The predicted molar refractivity (Wildman–Crippen MR) is 98.5 cm³/mol. The smallest absolute Gasteiger partial charge is 0.255 e. The Bertz CT molecular complexity index is 881. The number of ether oxygens (including phenoxy) is 1. The Labute approximate surface area is 155 Å². The van der Waals surface area contributed by atoms with Crippen LogP contribution >= 0.6 is 11.5 Å². The molecule has 2 heterocycles. The topological polar surface area (TPSA) is 94.8 Å². The summed E-state index contributed by atoms with van der Waals surface area (Å²) >= 11 is 1.38. The molecule has 0 spiro atoms. The molecule has 8 nitrogen and oxygen atoms in total. The van der Waals surface area contributed by atoms with E-state index in [2.05, 4.69) is 25.2 Å². The van der Waals surface area contributed by atoms with Crippen molar-refractivity contribution in [2.75, 3.05) is 5.32 Å². The van der Waals surface area contributed by atoms with Gasteiger partial charge in [-0.25, -0.2) is 4.68 Å². The van der Waals surface area contributed by atoms with Gasteiger partial charge < -0.3 is 10.1 Å². The zero-order valence-corrected chi connectivity index (χ0v) is 15.9. The molecule has 0 bridgehead atoms. The first-order chi connectivity index (χ1) is 12.5. The van der Waals surface area contributed by atoms with Crippen molar-refractivity contribution in [3.8, 4) is 5.75 Å². The van der Waals surface area contributed by atoms with Crippen LogP contribution in [0.25, 0.3) is 0 Å². The van der Waals surface area contributed by atoms with Crippen LogP contribution in [-0.2, 0) is 6.61 Å². The Morgan fingerprint density at radius 2 is 2.00 bits per heavy atom. The second-order valence-electron chi connectivity index (χ2n) is 6.10. The standard InChI is InChI=1S/C17H20N6O2S/c1-10(2)23-15(19-21-22-23)9-25-14-7-5-13(6-8-14)17(24)18-16-11(3)20-26-12(16)4/h5-8,10H,9H2,1-4H3,(H,18,24). The number of nitrogens with one attached hydrogen (secondary N) is 1. The van der Waals surface area contributed by atoms with Crippen LogP contribution in [0.15, 0.2) is 24.3 Å². The lowest BCUT2D eigenvalue weighted by atomic mass is 10.2. The molecule has 136 valence electrons. The Kier molecular flexibility index (Phi) is 5.27. The van der Waals surface area contributed by atoms with Crippen LogP contribution in [0.5, 0.6) is 5.75 Å². The molecule has 0 atom stereocenters. The van der Waals surface area contributed by atoms with Crippen LogP contribution in [0.2, 0.25) is 0 Å². The van der Waals surface area contributed by atoms with Crippen molar-refractivity contribution in [3.63, 3.8) is 0 Å². The van der Waals surface area contributed by atoms with Crippen LogP contribution in [0.4, 0.5) is 5.69 Å². The van der Waals surface area contributed by atoms with E-state index >= 15 is 0 Å². The third-order valence-electron chi connectivity index (χ3n) is 3.81. The number of aromatic nitrogens is 5.